The van der Waals surface area contributed by atoms with Gasteiger partial charge in [-0.25, -0.2) is 4.98 Å². The molecule has 2 heterocycles. The number of nitrogens with one attached hydrogen (secondary N) is 1. The van der Waals surface area contributed by atoms with Crippen LogP contribution in [0.25, 0.3) is 11.3 Å². The Morgan fingerprint density at radius 2 is 1.91 bits per heavy atom. The number of anilines is 1. The van der Waals surface area contributed by atoms with Crippen LogP contribution < -0.4 is 5.32 Å². The quantitative estimate of drug-likeness (QED) is 0.741. The topological polar surface area (TPSA) is 54.9 Å². The van der Waals surface area contributed by atoms with Crippen molar-refractivity contribution >= 4 is 45.6 Å². The van der Waals surface area contributed by atoms with E-state index in [-0.39, 0.29) is 5.91 Å². The fourth-order valence-corrected chi connectivity index (χ4v) is 2.66. The van der Waals surface area contributed by atoms with Crippen LogP contribution in [0.3, 0.4) is 0 Å². The van der Waals surface area contributed by atoms with E-state index in [4.69, 9.17) is 23.2 Å². The van der Waals surface area contributed by atoms with Gasteiger partial charge in [0, 0.05) is 28.9 Å². The number of aromatic nitrogens is 2. The van der Waals surface area contributed by atoms with E-state index in [1.165, 1.54) is 11.3 Å². The molecule has 0 bridgehead atoms. The summed E-state index contributed by atoms with van der Waals surface area (Å²) >= 11 is 13.3. The fraction of sp³-hybridized carbons (Fsp3) is 0. The number of halogens is 2. The molecule has 0 aliphatic carbocycles. The van der Waals surface area contributed by atoms with Gasteiger partial charge in [0.15, 0.2) is 5.13 Å². The van der Waals surface area contributed by atoms with Gasteiger partial charge in [0.2, 0.25) is 0 Å². The van der Waals surface area contributed by atoms with Crippen LogP contribution in [0.15, 0.2) is 48.1 Å². The van der Waals surface area contributed by atoms with Crippen molar-refractivity contribution < 1.29 is 4.79 Å². The molecule has 1 aromatic carbocycles. The van der Waals surface area contributed by atoms with Crippen LogP contribution in [0, 0.1) is 0 Å². The Morgan fingerprint density at radius 1 is 1.05 bits per heavy atom. The normalized spacial score (nSPS) is 10.5. The number of carbonyl (C=O) groups is 1. The third-order valence-electron chi connectivity index (χ3n) is 2.89. The molecule has 110 valence electrons. The van der Waals surface area contributed by atoms with Gasteiger partial charge in [-0.1, -0.05) is 29.3 Å². The SMILES string of the molecule is O=C(Nc1nccs1)c1ccnc(-c2ccc(Cl)c(Cl)c2)c1. The van der Waals surface area contributed by atoms with Crippen molar-refractivity contribution in [3.63, 3.8) is 0 Å². The molecule has 0 unspecified atom stereocenters. The minimum absolute atomic E-state index is 0.237. The zero-order valence-electron chi connectivity index (χ0n) is 11.1. The lowest BCUT2D eigenvalue weighted by Crippen LogP contribution is -2.11. The number of nitrogens with zero attached hydrogens (tertiary/aromatic N) is 2. The molecule has 7 heteroatoms. The fourth-order valence-electron chi connectivity index (χ4n) is 1.84. The lowest BCUT2D eigenvalue weighted by Gasteiger charge is -2.06. The minimum atomic E-state index is -0.237. The molecule has 3 aromatic rings. The van der Waals surface area contributed by atoms with Crippen LogP contribution in [0.4, 0.5) is 5.13 Å². The molecule has 2 aromatic heterocycles. The predicted octanol–water partition coefficient (Wildman–Crippen LogP) is 4.76. The number of rotatable bonds is 3. The molecular formula is C15H9Cl2N3OS. The molecule has 0 aliphatic heterocycles. The zero-order chi connectivity index (χ0) is 15.5. The lowest BCUT2D eigenvalue weighted by atomic mass is 10.1. The van der Waals surface area contributed by atoms with E-state index in [9.17, 15) is 4.79 Å². The van der Waals surface area contributed by atoms with Gasteiger partial charge in [0.1, 0.15) is 0 Å². The number of amides is 1. The standard InChI is InChI=1S/C15H9Cl2N3OS/c16-11-2-1-9(7-12(11)17)13-8-10(3-4-18-13)14(21)20-15-19-5-6-22-15/h1-8H,(H,19,20,21). The summed E-state index contributed by atoms with van der Waals surface area (Å²) < 4.78 is 0. The molecule has 0 aliphatic rings. The van der Waals surface area contributed by atoms with Gasteiger partial charge < -0.3 is 0 Å². The maximum absolute atomic E-state index is 12.2. The second kappa shape index (κ2) is 6.44. The molecule has 0 radical (unpaired) electrons. The minimum Gasteiger partial charge on any atom is -0.298 e. The molecule has 22 heavy (non-hydrogen) atoms. The molecule has 1 N–H and O–H groups in total. The molecule has 0 fully saturated rings. The summed E-state index contributed by atoms with van der Waals surface area (Å²) in [4.78, 5) is 20.5. The average molecular weight is 350 g/mol. The van der Waals surface area contributed by atoms with Crippen LogP contribution in [0.2, 0.25) is 10.0 Å². The first kappa shape index (κ1) is 15.0. The molecule has 0 spiro atoms. The maximum Gasteiger partial charge on any atom is 0.257 e. The largest absolute Gasteiger partial charge is 0.298 e. The van der Waals surface area contributed by atoms with Gasteiger partial charge in [-0.05, 0) is 24.3 Å². The molecular weight excluding hydrogens is 341 g/mol. The summed E-state index contributed by atoms with van der Waals surface area (Å²) in [6, 6.07) is 8.56. The molecule has 1 amide bonds. The molecule has 3 rings (SSSR count). The van der Waals surface area contributed by atoms with E-state index >= 15 is 0 Å². The van der Waals surface area contributed by atoms with E-state index in [2.05, 4.69) is 15.3 Å². The van der Waals surface area contributed by atoms with Crippen LogP contribution in [0.5, 0.6) is 0 Å². The number of carbonyl (C=O) groups excluding carboxylic acids is 1. The van der Waals surface area contributed by atoms with E-state index in [0.717, 1.165) is 5.56 Å². The van der Waals surface area contributed by atoms with E-state index in [0.29, 0.717) is 26.4 Å². The van der Waals surface area contributed by atoms with Gasteiger partial charge in [-0.15, -0.1) is 11.3 Å². The van der Waals surface area contributed by atoms with Crippen molar-refractivity contribution in [1.29, 1.82) is 0 Å². The predicted molar refractivity (Wildman–Crippen MR) is 89.8 cm³/mol. The third kappa shape index (κ3) is 3.27. The van der Waals surface area contributed by atoms with Gasteiger partial charge in [-0.2, -0.15) is 0 Å². The monoisotopic (exact) mass is 349 g/mol. The Kier molecular flexibility index (Phi) is 4.38. The van der Waals surface area contributed by atoms with Crippen LogP contribution >= 0.6 is 34.5 Å². The van der Waals surface area contributed by atoms with Gasteiger partial charge in [0.05, 0.1) is 15.7 Å². The Balaban J connectivity index is 1.88. The van der Waals surface area contributed by atoms with E-state index in [1.807, 2.05) is 0 Å². The Bertz CT molecular complexity index is 821. The van der Waals surface area contributed by atoms with Crippen molar-refractivity contribution in [3.05, 3.63) is 63.7 Å². The summed E-state index contributed by atoms with van der Waals surface area (Å²) in [5, 5.41) is 6.00. The highest BCUT2D eigenvalue weighted by molar-refractivity contribution is 7.13. The van der Waals surface area contributed by atoms with E-state index < -0.39 is 0 Å². The molecule has 0 saturated carbocycles. The highest BCUT2D eigenvalue weighted by Crippen LogP contribution is 2.28. The first-order valence-electron chi connectivity index (χ1n) is 6.26. The van der Waals surface area contributed by atoms with Gasteiger partial charge in [0.25, 0.3) is 5.91 Å². The Hall–Kier alpha value is -1.95. The average Bonchev–Trinajstić information content (AvgIpc) is 3.03. The smallest absolute Gasteiger partial charge is 0.257 e. The van der Waals surface area contributed by atoms with Crippen LogP contribution in [-0.2, 0) is 0 Å². The summed E-state index contributed by atoms with van der Waals surface area (Å²) in [5.41, 5.74) is 1.93. The zero-order valence-corrected chi connectivity index (χ0v) is 13.4. The number of hydrogen-bond acceptors (Lipinski definition) is 4. The summed E-state index contributed by atoms with van der Waals surface area (Å²) in [7, 11) is 0. The molecule has 4 nitrogen and oxygen atoms in total. The van der Waals surface area contributed by atoms with Crippen molar-refractivity contribution in [1.82, 2.24) is 9.97 Å². The highest BCUT2D eigenvalue weighted by Gasteiger charge is 2.10. The van der Waals surface area contributed by atoms with Gasteiger partial charge in [-0.3, -0.25) is 15.1 Å². The van der Waals surface area contributed by atoms with E-state index in [1.54, 1.807) is 48.1 Å². The molecule has 0 saturated heterocycles. The van der Waals surface area contributed by atoms with Gasteiger partial charge >= 0.3 is 0 Å². The summed E-state index contributed by atoms with van der Waals surface area (Å²) in [6.07, 6.45) is 3.21. The maximum atomic E-state index is 12.2. The first-order valence-corrected chi connectivity index (χ1v) is 7.89. The third-order valence-corrected chi connectivity index (χ3v) is 4.32. The van der Waals surface area contributed by atoms with Crippen molar-refractivity contribution in [3.8, 4) is 11.3 Å². The number of thiazole rings is 1. The van der Waals surface area contributed by atoms with Crippen molar-refractivity contribution in [2.24, 2.45) is 0 Å². The Morgan fingerprint density at radius 3 is 2.64 bits per heavy atom. The highest BCUT2D eigenvalue weighted by atomic mass is 35.5. The molecule has 0 atom stereocenters. The van der Waals surface area contributed by atoms with Crippen molar-refractivity contribution in [2.45, 2.75) is 0 Å². The van der Waals surface area contributed by atoms with Crippen LogP contribution in [0.1, 0.15) is 10.4 Å². The van der Waals surface area contributed by atoms with Crippen LogP contribution in [-0.4, -0.2) is 15.9 Å². The second-order valence-corrected chi connectivity index (χ2v) is 6.06. The number of pyridine rings is 1. The summed E-state index contributed by atoms with van der Waals surface area (Å²) in [6.45, 7) is 0. The Labute approximate surface area is 140 Å². The number of hydrogen-bond donors (Lipinski definition) is 1. The van der Waals surface area contributed by atoms with Crippen molar-refractivity contribution in [2.75, 3.05) is 5.32 Å². The second-order valence-electron chi connectivity index (χ2n) is 4.35. The first-order chi connectivity index (χ1) is 10.6. The summed E-state index contributed by atoms with van der Waals surface area (Å²) in [5.74, 6) is -0.237. The number of benzene rings is 1. The lowest BCUT2D eigenvalue weighted by molar-refractivity contribution is 0.102.